The molecule has 0 saturated heterocycles. The number of aromatic nitrogens is 1. The number of carboxylic acids is 1. The Morgan fingerprint density at radius 2 is 1.88 bits per heavy atom. The lowest BCUT2D eigenvalue weighted by Crippen LogP contribution is -2.49. The third-order valence-corrected chi connectivity index (χ3v) is 4.31. The molecule has 2 rings (SSSR count). The lowest BCUT2D eigenvalue weighted by atomic mass is 9.79. The van der Waals surface area contributed by atoms with Crippen LogP contribution in [0.1, 0.15) is 75.9 Å². The molecule has 1 fully saturated rings. The molecule has 7 nitrogen and oxygen atoms in total. The Hall–Kier alpha value is -2.31. The first-order chi connectivity index (χ1) is 12.2. The van der Waals surface area contributed by atoms with Crippen LogP contribution < -0.4 is 10.1 Å². The van der Waals surface area contributed by atoms with E-state index in [1.54, 1.807) is 13.0 Å². The molecule has 0 radical (unpaired) electrons. The van der Waals surface area contributed by atoms with Crippen molar-refractivity contribution < 1.29 is 24.2 Å². The molecule has 0 aromatic carbocycles. The van der Waals surface area contributed by atoms with Crippen LogP contribution >= 0.6 is 0 Å². The van der Waals surface area contributed by atoms with Crippen LogP contribution in [-0.4, -0.2) is 34.4 Å². The highest BCUT2D eigenvalue weighted by Gasteiger charge is 2.38. The monoisotopic (exact) mass is 364 g/mol. The maximum Gasteiger partial charge on any atom is 0.408 e. The smallest absolute Gasteiger partial charge is 0.408 e. The molecule has 1 aliphatic rings. The summed E-state index contributed by atoms with van der Waals surface area (Å²) in [5, 5.41) is 12.3. The van der Waals surface area contributed by atoms with E-state index in [2.05, 4.69) is 10.3 Å². The van der Waals surface area contributed by atoms with Crippen molar-refractivity contribution in [1.29, 1.82) is 0 Å². The zero-order chi connectivity index (χ0) is 19.4. The first-order valence-electron chi connectivity index (χ1n) is 9.06. The molecular weight excluding hydrogens is 336 g/mol. The second-order valence-electron chi connectivity index (χ2n) is 7.56. The van der Waals surface area contributed by atoms with Crippen molar-refractivity contribution >= 4 is 12.1 Å². The number of carboxylic acid groups (broad SMARTS) is 1. The van der Waals surface area contributed by atoms with Gasteiger partial charge in [0, 0.05) is 0 Å². The Bertz CT molecular complexity index is 660. The minimum absolute atomic E-state index is 0.0128. The number of alkyl carbamates (subject to hydrolysis) is 1. The van der Waals surface area contributed by atoms with Crippen molar-refractivity contribution in [3.63, 3.8) is 0 Å². The fraction of sp³-hybridized carbons (Fsp3) is 0.632. The molecule has 1 amide bonds. The molecule has 2 N–H and O–H groups in total. The third-order valence-electron chi connectivity index (χ3n) is 4.31. The van der Waals surface area contributed by atoms with Gasteiger partial charge in [-0.1, -0.05) is 19.3 Å². The molecule has 7 heteroatoms. The van der Waals surface area contributed by atoms with E-state index in [0.29, 0.717) is 12.3 Å². The number of hydrogen-bond donors (Lipinski definition) is 2. The van der Waals surface area contributed by atoms with Gasteiger partial charge < -0.3 is 19.9 Å². The van der Waals surface area contributed by atoms with E-state index in [0.717, 1.165) is 32.1 Å². The highest BCUT2D eigenvalue weighted by molar-refractivity contribution is 5.90. The molecule has 0 atom stereocenters. The average Bonchev–Trinajstić information content (AvgIpc) is 2.53. The predicted octanol–water partition coefficient (Wildman–Crippen LogP) is 3.86. The molecule has 0 bridgehead atoms. The molecular formula is C19H28N2O5. The zero-order valence-corrected chi connectivity index (χ0v) is 15.9. The number of nitrogens with zero attached hydrogens (tertiary/aromatic N) is 1. The van der Waals surface area contributed by atoms with Gasteiger partial charge in [0.2, 0.25) is 5.88 Å². The summed E-state index contributed by atoms with van der Waals surface area (Å²) in [5.41, 5.74) is -0.657. The van der Waals surface area contributed by atoms with E-state index in [4.69, 9.17) is 9.47 Å². The summed E-state index contributed by atoms with van der Waals surface area (Å²) in [5.74, 6) is -1.02. The number of carbonyl (C=O) groups excluding carboxylic acids is 1. The first kappa shape index (κ1) is 20.0. The molecule has 0 aliphatic heterocycles. The van der Waals surface area contributed by atoms with Gasteiger partial charge in [-0.3, -0.25) is 0 Å². The van der Waals surface area contributed by atoms with Crippen LogP contribution in [0, 0.1) is 0 Å². The summed E-state index contributed by atoms with van der Waals surface area (Å²) in [6, 6.07) is 3.15. The summed E-state index contributed by atoms with van der Waals surface area (Å²) in [4.78, 5) is 28.2. The van der Waals surface area contributed by atoms with Crippen LogP contribution in [0.3, 0.4) is 0 Å². The van der Waals surface area contributed by atoms with E-state index in [-0.39, 0.29) is 11.4 Å². The third kappa shape index (κ3) is 4.86. The van der Waals surface area contributed by atoms with E-state index >= 15 is 0 Å². The molecule has 0 unspecified atom stereocenters. The van der Waals surface area contributed by atoms with Gasteiger partial charge >= 0.3 is 12.1 Å². The fourth-order valence-corrected chi connectivity index (χ4v) is 3.22. The summed E-state index contributed by atoms with van der Waals surface area (Å²) in [6.07, 6.45) is 3.92. The van der Waals surface area contributed by atoms with Crippen molar-refractivity contribution in [3.05, 3.63) is 23.4 Å². The number of hydrogen-bond acceptors (Lipinski definition) is 5. The van der Waals surface area contributed by atoms with Crippen LogP contribution in [0.2, 0.25) is 0 Å². The van der Waals surface area contributed by atoms with Crippen molar-refractivity contribution in [3.8, 4) is 5.88 Å². The SMILES string of the molecule is CCOc1nc(C2(NC(=O)OC(C)(C)C)CCCCC2)ccc1C(=O)O. The minimum Gasteiger partial charge on any atom is -0.477 e. The van der Waals surface area contributed by atoms with E-state index in [9.17, 15) is 14.7 Å². The summed E-state index contributed by atoms with van der Waals surface area (Å²) in [7, 11) is 0. The van der Waals surface area contributed by atoms with E-state index in [1.807, 2.05) is 20.8 Å². The van der Waals surface area contributed by atoms with Crippen LogP contribution in [0.25, 0.3) is 0 Å². The molecule has 1 heterocycles. The van der Waals surface area contributed by atoms with Gasteiger partial charge in [-0.05, 0) is 52.7 Å². The molecule has 1 saturated carbocycles. The van der Waals surface area contributed by atoms with Crippen LogP contribution in [-0.2, 0) is 10.3 Å². The minimum atomic E-state index is -1.09. The lowest BCUT2D eigenvalue weighted by molar-refractivity contribution is 0.0414. The summed E-state index contributed by atoms with van der Waals surface area (Å²) in [6.45, 7) is 7.52. The van der Waals surface area contributed by atoms with Crippen LogP contribution in [0.4, 0.5) is 4.79 Å². The second kappa shape index (κ2) is 7.93. The van der Waals surface area contributed by atoms with Gasteiger partial charge in [0.05, 0.1) is 17.8 Å². The lowest BCUT2D eigenvalue weighted by Gasteiger charge is -2.38. The fourth-order valence-electron chi connectivity index (χ4n) is 3.22. The Labute approximate surface area is 154 Å². The summed E-state index contributed by atoms with van der Waals surface area (Å²) >= 11 is 0. The zero-order valence-electron chi connectivity index (χ0n) is 15.9. The van der Waals surface area contributed by atoms with Crippen molar-refractivity contribution in [2.75, 3.05) is 6.61 Å². The maximum absolute atomic E-state index is 12.4. The van der Waals surface area contributed by atoms with Crippen LogP contribution in [0.5, 0.6) is 5.88 Å². The standard InChI is InChI=1S/C19H28N2O5/c1-5-25-15-13(16(22)23)9-10-14(20-15)19(11-7-6-8-12-19)21-17(24)26-18(2,3)4/h9-10H,5-8,11-12H2,1-4H3,(H,21,24)(H,22,23). The van der Waals surface area contributed by atoms with Gasteiger partial charge in [-0.2, -0.15) is 0 Å². The number of pyridine rings is 1. The van der Waals surface area contributed by atoms with Crippen molar-refractivity contribution in [2.24, 2.45) is 0 Å². The average molecular weight is 364 g/mol. The molecule has 144 valence electrons. The number of aromatic carboxylic acids is 1. The van der Waals surface area contributed by atoms with Gasteiger partial charge in [-0.25, -0.2) is 14.6 Å². The highest BCUT2D eigenvalue weighted by Crippen LogP contribution is 2.37. The molecule has 1 aromatic rings. The van der Waals surface area contributed by atoms with Crippen molar-refractivity contribution in [2.45, 2.75) is 70.9 Å². The largest absolute Gasteiger partial charge is 0.477 e. The maximum atomic E-state index is 12.4. The van der Waals surface area contributed by atoms with Crippen LogP contribution in [0.15, 0.2) is 12.1 Å². The Morgan fingerprint density at radius 3 is 2.42 bits per heavy atom. The van der Waals surface area contributed by atoms with Gasteiger partial charge in [0.25, 0.3) is 0 Å². The number of ether oxygens (including phenoxy) is 2. The Morgan fingerprint density at radius 1 is 1.23 bits per heavy atom. The molecule has 1 aromatic heterocycles. The Kier molecular flexibility index (Phi) is 6.10. The molecule has 1 aliphatic carbocycles. The predicted molar refractivity (Wildman–Crippen MR) is 96.5 cm³/mol. The van der Waals surface area contributed by atoms with Gasteiger partial charge in [0.1, 0.15) is 11.2 Å². The Balaban J connectivity index is 2.38. The van der Waals surface area contributed by atoms with E-state index < -0.39 is 23.2 Å². The number of carbonyl (C=O) groups is 2. The number of amides is 1. The molecule has 26 heavy (non-hydrogen) atoms. The normalized spacial score (nSPS) is 16.6. The van der Waals surface area contributed by atoms with Gasteiger partial charge in [-0.15, -0.1) is 0 Å². The highest BCUT2D eigenvalue weighted by atomic mass is 16.6. The number of rotatable bonds is 5. The second-order valence-corrected chi connectivity index (χ2v) is 7.56. The van der Waals surface area contributed by atoms with E-state index in [1.165, 1.54) is 6.07 Å². The first-order valence-corrected chi connectivity index (χ1v) is 9.06. The van der Waals surface area contributed by atoms with Crippen molar-refractivity contribution in [1.82, 2.24) is 10.3 Å². The topological polar surface area (TPSA) is 97.8 Å². The quantitative estimate of drug-likeness (QED) is 0.823. The summed E-state index contributed by atoms with van der Waals surface area (Å²) < 4.78 is 10.8. The van der Waals surface area contributed by atoms with Gasteiger partial charge in [0.15, 0.2) is 0 Å². The number of nitrogens with one attached hydrogen (secondary N) is 1. The molecule has 0 spiro atoms.